The van der Waals surface area contributed by atoms with Crippen LogP contribution in [0.2, 0.25) is 0 Å². The van der Waals surface area contributed by atoms with E-state index in [0.717, 1.165) is 0 Å². The highest BCUT2D eigenvalue weighted by atomic mass is 14.8. The first-order chi connectivity index (χ1) is 5.41. The largest absolute Gasteiger partial charge is 0.349 e. The summed E-state index contributed by atoms with van der Waals surface area (Å²) in [6.07, 6.45) is 10.00. The molecule has 0 aromatic heterocycles. The molecule has 0 aromatic carbocycles. The monoisotopic (exact) mass is 158 g/mol. The average molecular weight is 158 g/mol. The molecule has 68 valence electrons. The van der Waals surface area contributed by atoms with Crippen molar-refractivity contribution in [1.82, 2.24) is 0 Å². The van der Waals surface area contributed by atoms with E-state index in [2.05, 4.69) is 19.3 Å². The highest BCUT2D eigenvalue weighted by Crippen LogP contribution is 2.05. The minimum Gasteiger partial charge on any atom is -0.349 e. The Labute approximate surface area is 71.6 Å². The number of unbranched alkanes of at least 4 members (excludes halogenated alkanes) is 6. The van der Waals surface area contributed by atoms with E-state index in [9.17, 15) is 0 Å². The third-order valence-corrected chi connectivity index (χ3v) is 2.10. The summed E-state index contributed by atoms with van der Waals surface area (Å²) < 4.78 is 0. The summed E-state index contributed by atoms with van der Waals surface area (Å²) in [6, 6.07) is 0. The summed E-state index contributed by atoms with van der Waals surface area (Å²) in [5.41, 5.74) is 0. The van der Waals surface area contributed by atoms with Crippen LogP contribution >= 0.6 is 0 Å². The van der Waals surface area contributed by atoms with Crippen LogP contribution in [0.5, 0.6) is 0 Å². The molecule has 0 amide bonds. The molecule has 0 bridgehead atoms. The Morgan fingerprint density at radius 1 is 0.818 bits per heavy atom. The fraction of sp³-hybridized carbons (Fsp3) is 1.00. The molecule has 0 radical (unpaired) electrons. The molecule has 0 aliphatic carbocycles. The van der Waals surface area contributed by atoms with Crippen molar-refractivity contribution >= 4 is 0 Å². The molecule has 0 aliphatic rings. The van der Waals surface area contributed by atoms with Crippen molar-refractivity contribution in [2.24, 2.45) is 0 Å². The van der Waals surface area contributed by atoms with Crippen molar-refractivity contribution in [1.29, 1.82) is 0 Å². The normalized spacial score (nSPS) is 10.4. The molecule has 1 nitrogen and oxygen atoms in total. The SMILES string of the molecule is CCCCCCCCC[NH2+]C. The summed E-state index contributed by atoms with van der Waals surface area (Å²) in [6.45, 7) is 3.58. The van der Waals surface area contributed by atoms with Gasteiger partial charge in [0.2, 0.25) is 0 Å². The van der Waals surface area contributed by atoms with Crippen molar-refractivity contribution in [3.8, 4) is 0 Å². The van der Waals surface area contributed by atoms with E-state index < -0.39 is 0 Å². The lowest BCUT2D eigenvalue weighted by atomic mass is 10.1. The predicted octanol–water partition coefficient (Wildman–Crippen LogP) is 1.93. The molecule has 1 heteroatoms. The first kappa shape index (κ1) is 11.0. The molecule has 0 rings (SSSR count). The molecule has 0 spiro atoms. The number of rotatable bonds is 8. The van der Waals surface area contributed by atoms with E-state index in [1.54, 1.807) is 0 Å². The molecule has 0 atom stereocenters. The van der Waals surface area contributed by atoms with Gasteiger partial charge in [0.25, 0.3) is 0 Å². The molecular formula is C10H24N+. The van der Waals surface area contributed by atoms with Gasteiger partial charge in [-0.2, -0.15) is 0 Å². The van der Waals surface area contributed by atoms with Crippen LogP contribution in [0.1, 0.15) is 51.9 Å². The van der Waals surface area contributed by atoms with Crippen molar-refractivity contribution < 1.29 is 5.32 Å². The van der Waals surface area contributed by atoms with E-state index in [0.29, 0.717) is 0 Å². The quantitative estimate of drug-likeness (QED) is 0.520. The van der Waals surface area contributed by atoms with Crippen LogP contribution in [-0.2, 0) is 0 Å². The van der Waals surface area contributed by atoms with E-state index in [4.69, 9.17) is 0 Å². The van der Waals surface area contributed by atoms with Crippen LogP contribution in [0.15, 0.2) is 0 Å². The van der Waals surface area contributed by atoms with Crippen LogP contribution in [0.25, 0.3) is 0 Å². The zero-order chi connectivity index (χ0) is 8.36. The van der Waals surface area contributed by atoms with Crippen LogP contribution in [-0.4, -0.2) is 13.6 Å². The third kappa shape index (κ3) is 9.96. The van der Waals surface area contributed by atoms with E-state index in [1.165, 1.54) is 51.5 Å². The van der Waals surface area contributed by atoms with Gasteiger partial charge in [-0.1, -0.05) is 39.0 Å². The molecule has 0 aliphatic heterocycles. The minimum absolute atomic E-state index is 1.31. The van der Waals surface area contributed by atoms with Crippen LogP contribution < -0.4 is 5.32 Å². The Kier molecular flexibility index (Phi) is 9.92. The maximum absolute atomic E-state index is 2.27. The highest BCUT2D eigenvalue weighted by Gasteiger charge is 1.89. The predicted molar refractivity (Wildman–Crippen MR) is 50.7 cm³/mol. The summed E-state index contributed by atoms with van der Waals surface area (Å²) in [4.78, 5) is 0. The smallest absolute Gasteiger partial charge is 0.0753 e. The molecule has 2 N–H and O–H groups in total. The van der Waals surface area contributed by atoms with Gasteiger partial charge in [0.1, 0.15) is 0 Å². The molecule has 0 fully saturated rings. The first-order valence-corrected chi connectivity index (χ1v) is 5.19. The van der Waals surface area contributed by atoms with Gasteiger partial charge in [0.15, 0.2) is 0 Å². The average Bonchev–Trinajstić information content (AvgIpc) is 2.03. The van der Waals surface area contributed by atoms with Gasteiger partial charge >= 0.3 is 0 Å². The Morgan fingerprint density at radius 3 is 1.91 bits per heavy atom. The van der Waals surface area contributed by atoms with Gasteiger partial charge in [-0.3, -0.25) is 0 Å². The number of hydrogen-bond acceptors (Lipinski definition) is 0. The Bertz CT molecular complexity index is 53.9. The third-order valence-electron chi connectivity index (χ3n) is 2.10. The summed E-state index contributed by atoms with van der Waals surface area (Å²) in [5, 5.41) is 2.27. The zero-order valence-corrected chi connectivity index (χ0v) is 8.23. The lowest BCUT2D eigenvalue weighted by Crippen LogP contribution is -2.79. The minimum atomic E-state index is 1.31. The van der Waals surface area contributed by atoms with Crippen molar-refractivity contribution in [3.63, 3.8) is 0 Å². The highest BCUT2D eigenvalue weighted by molar-refractivity contribution is 4.43. The van der Waals surface area contributed by atoms with Crippen molar-refractivity contribution in [3.05, 3.63) is 0 Å². The fourth-order valence-corrected chi connectivity index (χ4v) is 1.31. The molecule has 0 saturated carbocycles. The topological polar surface area (TPSA) is 16.6 Å². The van der Waals surface area contributed by atoms with Crippen molar-refractivity contribution in [2.45, 2.75) is 51.9 Å². The molecular weight excluding hydrogens is 134 g/mol. The number of hydrogen-bond donors (Lipinski definition) is 1. The van der Waals surface area contributed by atoms with E-state index in [1.807, 2.05) is 0 Å². The van der Waals surface area contributed by atoms with Gasteiger partial charge in [0.05, 0.1) is 13.6 Å². The Balaban J connectivity index is 2.69. The standard InChI is InChI=1S/C10H23N/c1-3-4-5-6-7-8-9-10-11-2/h11H,3-10H2,1-2H3/p+1. The van der Waals surface area contributed by atoms with Gasteiger partial charge in [0, 0.05) is 0 Å². The van der Waals surface area contributed by atoms with Gasteiger partial charge in [-0.15, -0.1) is 0 Å². The van der Waals surface area contributed by atoms with Crippen LogP contribution in [0.3, 0.4) is 0 Å². The summed E-state index contributed by atoms with van der Waals surface area (Å²) >= 11 is 0. The second-order valence-electron chi connectivity index (χ2n) is 3.32. The van der Waals surface area contributed by atoms with E-state index in [-0.39, 0.29) is 0 Å². The second-order valence-corrected chi connectivity index (χ2v) is 3.32. The summed E-state index contributed by atoms with van der Waals surface area (Å²) in [5.74, 6) is 0. The fourth-order valence-electron chi connectivity index (χ4n) is 1.31. The van der Waals surface area contributed by atoms with Crippen LogP contribution in [0, 0.1) is 0 Å². The number of quaternary nitrogens is 1. The zero-order valence-electron chi connectivity index (χ0n) is 8.23. The second kappa shape index (κ2) is 9.96. The number of nitrogens with two attached hydrogens (primary N) is 1. The van der Waals surface area contributed by atoms with Gasteiger partial charge in [-0.25, -0.2) is 0 Å². The van der Waals surface area contributed by atoms with Crippen molar-refractivity contribution in [2.75, 3.05) is 13.6 Å². The maximum Gasteiger partial charge on any atom is 0.0753 e. The van der Waals surface area contributed by atoms with Gasteiger partial charge in [-0.05, 0) is 12.8 Å². The molecule has 0 unspecified atom stereocenters. The van der Waals surface area contributed by atoms with Crippen LogP contribution in [0.4, 0.5) is 0 Å². The molecule has 0 heterocycles. The van der Waals surface area contributed by atoms with E-state index >= 15 is 0 Å². The molecule has 0 aromatic rings. The summed E-state index contributed by atoms with van der Waals surface area (Å²) in [7, 11) is 2.15. The molecule has 0 saturated heterocycles. The first-order valence-electron chi connectivity index (χ1n) is 5.19. The Morgan fingerprint density at radius 2 is 1.36 bits per heavy atom. The lowest BCUT2D eigenvalue weighted by molar-refractivity contribution is -0.627. The maximum atomic E-state index is 2.27. The van der Waals surface area contributed by atoms with Gasteiger partial charge < -0.3 is 5.32 Å². The lowest BCUT2D eigenvalue weighted by Gasteiger charge is -1.98. The Hall–Kier alpha value is -0.0400. The molecule has 11 heavy (non-hydrogen) atoms.